The molecule has 1 heterocycles. The SMILES string of the molecule is COc1ccc(-c2ccc(CCC(=O)N[C@@H]3CCc4ccccc43)o2)cc1. The maximum absolute atomic E-state index is 12.4. The number of nitrogens with one attached hydrogen (secondary N) is 1. The summed E-state index contributed by atoms with van der Waals surface area (Å²) < 4.78 is 11.1. The number of fused-ring (bicyclic) bond motifs is 1. The van der Waals surface area contributed by atoms with E-state index in [-0.39, 0.29) is 11.9 Å². The van der Waals surface area contributed by atoms with Gasteiger partial charge in [-0.25, -0.2) is 0 Å². The number of amides is 1. The van der Waals surface area contributed by atoms with E-state index in [9.17, 15) is 4.79 Å². The fraction of sp³-hybridized carbons (Fsp3) is 0.261. The predicted molar refractivity (Wildman–Crippen MR) is 105 cm³/mol. The molecule has 0 spiro atoms. The van der Waals surface area contributed by atoms with Crippen molar-refractivity contribution in [1.29, 1.82) is 0 Å². The van der Waals surface area contributed by atoms with Crippen LogP contribution in [0.15, 0.2) is 65.1 Å². The quantitative estimate of drug-likeness (QED) is 0.693. The summed E-state index contributed by atoms with van der Waals surface area (Å²) in [7, 11) is 1.65. The number of hydrogen-bond donors (Lipinski definition) is 1. The van der Waals surface area contributed by atoms with Crippen LogP contribution < -0.4 is 10.1 Å². The molecule has 0 unspecified atom stereocenters. The van der Waals surface area contributed by atoms with Crippen LogP contribution in [0.2, 0.25) is 0 Å². The van der Waals surface area contributed by atoms with Crippen molar-refractivity contribution in [2.75, 3.05) is 7.11 Å². The van der Waals surface area contributed by atoms with E-state index in [1.807, 2.05) is 42.5 Å². The van der Waals surface area contributed by atoms with E-state index >= 15 is 0 Å². The van der Waals surface area contributed by atoms with Gasteiger partial charge in [0.05, 0.1) is 13.2 Å². The van der Waals surface area contributed by atoms with Gasteiger partial charge in [0.25, 0.3) is 0 Å². The minimum atomic E-state index is 0.0686. The van der Waals surface area contributed by atoms with Crippen LogP contribution in [-0.4, -0.2) is 13.0 Å². The Morgan fingerprint density at radius 2 is 1.93 bits per heavy atom. The Morgan fingerprint density at radius 1 is 1.11 bits per heavy atom. The van der Waals surface area contributed by atoms with Gasteiger partial charge in [-0.3, -0.25) is 4.79 Å². The number of ether oxygens (including phenoxy) is 1. The minimum Gasteiger partial charge on any atom is -0.497 e. The summed E-state index contributed by atoms with van der Waals surface area (Å²) in [5.74, 6) is 2.51. The number of rotatable bonds is 6. The van der Waals surface area contributed by atoms with Gasteiger partial charge in [-0.15, -0.1) is 0 Å². The number of carbonyl (C=O) groups excluding carboxylic acids is 1. The van der Waals surface area contributed by atoms with Crippen LogP contribution in [0.4, 0.5) is 0 Å². The minimum absolute atomic E-state index is 0.0686. The van der Waals surface area contributed by atoms with E-state index in [1.54, 1.807) is 7.11 Å². The van der Waals surface area contributed by atoms with Gasteiger partial charge in [0, 0.05) is 18.4 Å². The summed E-state index contributed by atoms with van der Waals surface area (Å²) in [5.41, 5.74) is 3.60. The molecule has 0 fully saturated rings. The molecule has 3 aromatic rings. The third-order valence-electron chi connectivity index (χ3n) is 5.10. The number of hydrogen-bond acceptors (Lipinski definition) is 3. The third kappa shape index (κ3) is 3.90. The molecule has 138 valence electrons. The summed E-state index contributed by atoms with van der Waals surface area (Å²) in [4.78, 5) is 12.4. The molecule has 1 amide bonds. The Bertz CT molecular complexity index is 927. The van der Waals surface area contributed by atoms with Crippen LogP contribution in [0.5, 0.6) is 5.75 Å². The number of furan rings is 1. The first-order valence-corrected chi connectivity index (χ1v) is 9.33. The molecule has 0 bridgehead atoms. The standard InChI is InChI=1S/C23H23NO3/c1-26-18-9-6-17(7-10-18)22-14-11-19(27-22)12-15-23(25)24-21-13-8-16-4-2-3-5-20(16)21/h2-7,9-11,14,21H,8,12-13,15H2,1H3,(H,24,25)/t21-/m1/s1. The van der Waals surface area contributed by atoms with Crippen molar-refractivity contribution in [3.63, 3.8) is 0 Å². The number of methoxy groups -OCH3 is 1. The average molecular weight is 361 g/mol. The van der Waals surface area contributed by atoms with Gasteiger partial charge in [-0.1, -0.05) is 24.3 Å². The van der Waals surface area contributed by atoms with Gasteiger partial charge in [0.1, 0.15) is 17.3 Å². The van der Waals surface area contributed by atoms with Gasteiger partial charge < -0.3 is 14.5 Å². The number of benzene rings is 2. The molecule has 2 aromatic carbocycles. The van der Waals surface area contributed by atoms with Crippen molar-refractivity contribution >= 4 is 5.91 Å². The van der Waals surface area contributed by atoms with E-state index in [4.69, 9.17) is 9.15 Å². The Kier molecular flexibility index (Phi) is 4.97. The lowest BCUT2D eigenvalue weighted by Gasteiger charge is -2.13. The Balaban J connectivity index is 1.33. The van der Waals surface area contributed by atoms with E-state index in [2.05, 4.69) is 23.5 Å². The van der Waals surface area contributed by atoms with Gasteiger partial charge in [-0.05, 0) is 60.4 Å². The molecule has 4 rings (SSSR count). The lowest BCUT2D eigenvalue weighted by molar-refractivity contribution is -0.121. The van der Waals surface area contributed by atoms with Crippen molar-refractivity contribution in [3.05, 3.63) is 77.6 Å². The lowest BCUT2D eigenvalue weighted by atomic mass is 10.1. The molecule has 0 radical (unpaired) electrons. The van der Waals surface area contributed by atoms with E-state index in [0.29, 0.717) is 12.8 Å². The lowest BCUT2D eigenvalue weighted by Crippen LogP contribution is -2.27. The van der Waals surface area contributed by atoms with Crippen LogP contribution >= 0.6 is 0 Å². The summed E-state index contributed by atoms with van der Waals surface area (Å²) in [6, 6.07) is 20.1. The highest BCUT2D eigenvalue weighted by molar-refractivity contribution is 5.77. The molecule has 4 heteroatoms. The molecule has 0 saturated carbocycles. The molecule has 4 nitrogen and oxygen atoms in total. The van der Waals surface area contributed by atoms with Crippen LogP contribution in [0.1, 0.15) is 35.8 Å². The molecule has 27 heavy (non-hydrogen) atoms. The topological polar surface area (TPSA) is 51.5 Å². The Hall–Kier alpha value is -3.01. The first-order valence-electron chi connectivity index (χ1n) is 9.33. The molecular formula is C23H23NO3. The monoisotopic (exact) mass is 361 g/mol. The van der Waals surface area contributed by atoms with Crippen LogP contribution in [0, 0.1) is 0 Å². The highest BCUT2D eigenvalue weighted by Crippen LogP contribution is 2.31. The zero-order chi connectivity index (χ0) is 18.6. The molecule has 1 aliphatic rings. The van der Waals surface area contributed by atoms with Crippen molar-refractivity contribution in [3.8, 4) is 17.1 Å². The number of aryl methyl sites for hydroxylation is 2. The summed E-state index contributed by atoms with van der Waals surface area (Å²) in [6.45, 7) is 0. The van der Waals surface area contributed by atoms with Gasteiger partial charge in [-0.2, -0.15) is 0 Å². The summed E-state index contributed by atoms with van der Waals surface area (Å²) in [5, 5.41) is 3.16. The van der Waals surface area contributed by atoms with Crippen molar-refractivity contribution in [2.24, 2.45) is 0 Å². The molecule has 1 N–H and O–H groups in total. The Morgan fingerprint density at radius 3 is 2.74 bits per heavy atom. The smallest absolute Gasteiger partial charge is 0.220 e. The molecule has 1 aliphatic carbocycles. The van der Waals surface area contributed by atoms with Crippen molar-refractivity contribution < 1.29 is 13.9 Å². The van der Waals surface area contributed by atoms with E-state index in [1.165, 1.54) is 11.1 Å². The summed E-state index contributed by atoms with van der Waals surface area (Å²) >= 11 is 0. The van der Waals surface area contributed by atoms with Gasteiger partial charge in [0.15, 0.2) is 0 Å². The molecular weight excluding hydrogens is 338 g/mol. The zero-order valence-corrected chi connectivity index (χ0v) is 15.4. The van der Waals surface area contributed by atoms with Gasteiger partial charge in [0.2, 0.25) is 5.91 Å². The normalized spacial score (nSPS) is 15.4. The summed E-state index contributed by atoms with van der Waals surface area (Å²) in [6.07, 6.45) is 3.03. The second-order valence-corrected chi connectivity index (χ2v) is 6.85. The van der Waals surface area contributed by atoms with E-state index in [0.717, 1.165) is 35.7 Å². The van der Waals surface area contributed by atoms with Gasteiger partial charge >= 0.3 is 0 Å². The first kappa shape index (κ1) is 17.4. The molecule has 1 aromatic heterocycles. The van der Waals surface area contributed by atoms with E-state index < -0.39 is 0 Å². The third-order valence-corrected chi connectivity index (χ3v) is 5.10. The van der Waals surface area contributed by atoms with Crippen molar-refractivity contribution in [2.45, 2.75) is 31.7 Å². The number of carbonyl (C=O) groups is 1. The highest BCUT2D eigenvalue weighted by atomic mass is 16.5. The first-order chi connectivity index (χ1) is 13.2. The van der Waals surface area contributed by atoms with Crippen LogP contribution in [-0.2, 0) is 17.6 Å². The van der Waals surface area contributed by atoms with Crippen LogP contribution in [0.25, 0.3) is 11.3 Å². The maximum Gasteiger partial charge on any atom is 0.220 e. The fourth-order valence-corrected chi connectivity index (χ4v) is 3.63. The molecule has 1 atom stereocenters. The maximum atomic E-state index is 12.4. The fourth-order valence-electron chi connectivity index (χ4n) is 3.63. The Labute approximate surface area is 159 Å². The average Bonchev–Trinajstić information content (AvgIpc) is 3.34. The second-order valence-electron chi connectivity index (χ2n) is 6.85. The molecule has 0 aliphatic heterocycles. The zero-order valence-electron chi connectivity index (χ0n) is 15.4. The van der Waals surface area contributed by atoms with Crippen molar-refractivity contribution in [1.82, 2.24) is 5.32 Å². The van der Waals surface area contributed by atoms with Crippen LogP contribution in [0.3, 0.4) is 0 Å². The predicted octanol–water partition coefficient (Wildman–Crippen LogP) is 4.69. The highest BCUT2D eigenvalue weighted by Gasteiger charge is 2.23. The largest absolute Gasteiger partial charge is 0.497 e. The second kappa shape index (κ2) is 7.70. The molecule has 0 saturated heterocycles.